The summed E-state index contributed by atoms with van der Waals surface area (Å²) in [5.74, 6) is -2.22. The summed E-state index contributed by atoms with van der Waals surface area (Å²) in [5, 5.41) is 0.462. The maximum absolute atomic E-state index is 12.8. The molecule has 1 aromatic heterocycles. The number of hydrogen-bond acceptors (Lipinski definition) is 6. The number of alkyl halides is 3. The molecule has 0 bridgehead atoms. The first-order valence-corrected chi connectivity index (χ1v) is 8.92. The Bertz CT molecular complexity index is 877. The van der Waals surface area contributed by atoms with Gasteiger partial charge in [0, 0.05) is 23.0 Å². The number of anilines is 1. The maximum atomic E-state index is 12.8. The van der Waals surface area contributed by atoms with Crippen molar-refractivity contribution in [3.05, 3.63) is 23.2 Å². The molecule has 1 atom stereocenters. The molecule has 2 N–H and O–H groups in total. The van der Waals surface area contributed by atoms with Crippen LogP contribution in [0.5, 0.6) is 0 Å². The summed E-state index contributed by atoms with van der Waals surface area (Å²) in [6.45, 7) is 0.385. The molecule has 1 aliphatic heterocycles. The van der Waals surface area contributed by atoms with Crippen LogP contribution in [0.15, 0.2) is 22.6 Å². The van der Waals surface area contributed by atoms with Gasteiger partial charge in [0.2, 0.25) is 0 Å². The molecule has 10 heteroatoms. The number of benzene rings is 1. The molecule has 27 heavy (non-hydrogen) atoms. The van der Waals surface area contributed by atoms with Crippen LogP contribution >= 0.6 is 11.6 Å². The van der Waals surface area contributed by atoms with E-state index in [1.54, 1.807) is 18.2 Å². The fourth-order valence-electron chi connectivity index (χ4n) is 3.87. The van der Waals surface area contributed by atoms with E-state index >= 15 is 0 Å². The normalized spacial score (nSPS) is 28.4. The SMILES string of the molecule is NC1CCC2(CC1)CN(c1nc3cc(Cl)ccc3o1)C2OC(=O)C(F)(F)F. The lowest BCUT2D eigenvalue weighted by atomic mass is 9.66. The number of nitrogens with two attached hydrogens (primary N) is 1. The lowest BCUT2D eigenvalue weighted by Crippen LogP contribution is -2.68. The zero-order valence-corrected chi connectivity index (χ0v) is 14.9. The van der Waals surface area contributed by atoms with Gasteiger partial charge in [0.25, 0.3) is 0 Å². The Kier molecular flexibility index (Phi) is 4.27. The monoisotopic (exact) mass is 403 g/mol. The van der Waals surface area contributed by atoms with E-state index in [0.717, 1.165) is 0 Å². The van der Waals surface area contributed by atoms with Crippen molar-refractivity contribution in [1.29, 1.82) is 0 Å². The number of oxazole rings is 1. The first-order valence-electron chi connectivity index (χ1n) is 8.54. The Hall–Kier alpha value is -2.00. The number of carbonyl (C=O) groups excluding carboxylic acids is 1. The molecule has 4 rings (SSSR count). The highest BCUT2D eigenvalue weighted by Crippen LogP contribution is 2.51. The molecule has 1 saturated heterocycles. The second-order valence-electron chi connectivity index (χ2n) is 7.19. The average molecular weight is 404 g/mol. The molecule has 1 spiro atoms. The number of aromatic nitrogens is 1. The van der Waals surface area contributed by atoms with Crippen molar-refractivity contribution in [3.63, 3.8) is 0 Å². The Balaban J connectivity index is 1.63. The predicted molar refractivity (Wildman–Crippen MR) is 91.2 cm³/mol. The molecule has 2 heterocycles. The number of nitrogens with zero attached hydrogens (tertiary/aromatic N) is 2. The minimum absolute atomic E-state index is 0.00936. The molecule has 2 fully saturated rings. The fraction of sp³-hybridized carbons (Fsp3) is 0.529. The van der Waals surface area contributed by atoms with Gasteiger partial charge in [-0.2, -0.15) is 18.2 Å². The summed E-state index contributed by atoms with van der Waals surface area (Å²) < 4.78 is 48.8. The number of esters is 1. The number of carbonyl (C=O) groups is 1. The Morgan fingerprint density at radius 3 is 2.74 bits per heavy atom. The first kappa shape index (κ1) is 18.4. The molecule has 6 nitrogen and oxygen atoms in total. The maximum Gasteiger partial charge on any atom is 0.491 e. The van der Waals surface area contributed by atoms with Crippen LogP contribution in [0.25, 0.3) is 11.1 Å². The lowest BCUT2D eigenvalue weighted by molar-refractivity contribution is -0.218. The van der Waals surface area contributed by atoms with Gasteiger partial charge in [-0.3, -0.25) is 4.90 Å². The molecule has 146 valence electrons. The third-order valence-corrected chi connectivity index (χ3v) is 5.59. The number of halogens is 4. The van der Waals surface area contributed by atoms with Crippen molar-refractivity contribution < 1.29 is 27.1 Å². The van der Waals surface area contributed by atoms with Crippen molar-refractivity contribution in [1.82, 2.24) is 4.98 Å². The summed E-state index contributed by atoms with van der Waals surface area (Å²) in [5.41, 5.74) is 6.27. The van der Waals surface area contributed by atoms with Crippen LogP contribution in [-0.4, -0.2) is 35.9 Å². The lowest BCUT2D eigenvalue weighted by Gasteiger charge is -2.57. The zero-order chi connectivity index (χ0) is 19.4. The topological polar surface area (TPSA) is 81.6 Å². The molecule has 2 aliphatic rings. The molecule has 1 unspecified atom stereocenters. The first-order chi connectivity index (χ1) is 12.7. The summed E-state index contributed by atoms with van der Waals surface area (Å²) in [7, 11) is 0. The molecule has 2 aromatic rings. The second kappa shape index (κ2) is 6.27. The van der Waals surface area contributed by atoms with E-state index in [1.165, 1.54) is 4.90 Å². The van der Waals surface area contributed by atoms with Gasteiger partial charge in [0.1, 0.15) is 5.52 Å². The second-order valence-corrected chi connectivity index (χ2v) is 7.63. The van der Waals surface area contributed by atoms with Crippen LogP contribution in [-0.2, 0) is 9.53 Å². The van der Waals surface area contributed by atoms with Gasteiger partial charge in [-0.05, 0) is 43.9 Å². The van der Waals surface area contributed by atoms with Crippen molar-refractivity contribution >= 4 is 34.7 Å². The molecule has 0 amide bonds. The molecule has 1 saturated carbocycles. The Morgan fingerprint density at radius 1 is 1.37 bits per heavy atom. The minimum atomic E-state index is -5.07. The van der Waals surface area contributed by atoms with Gasteiger partial charge in [-0.15, -0.1) is 0 Å². The van der Waals surface area contributed by atoms with Crippen molar-refractivity contribution in [3.8, 4) is 0 Å². The third kappa shape index (κ3) is 3.23. The molecule has 1 aliphatic carbocycles. The summed E-state index contributed by atoms with van der Waals surface area (Å²) in [4.78, 5) is 17.2. The highest BCUT2D eigenvalue weighted by atomic mass is 35.5. The standard InChI is InChI=1S/C17H17ClF3N3O3/c18-9-1-2-12-11(7-9)23-15(26-12)24-8-16(5-3-10(22)4-6-16)13(24)27-14(25)17(19,20)21/h1-2,7,10,13H,3-6,8,22H2. The van der Waals surface area contributed by atoms with Crippen LogP contribution in [0.3, 0.4) is 0 Å². The van der Waals surface area contributed by atoms with E-state index in [-0.39, 0.29) is 12.1 Å². The molecular formula is C17H17ClF3N3O3. The van der Waals surface area contributed by atoms with Crippen molar-refractivity contribution in [2.75, 3.05) is 11.4 Å². The predicted octanol–water partition coefficient (Wildman–Crippen LogP) is 3.62. The number of rotatable bonds is 2. The Morgan fingerprint density at radius 2 is 2.07 bits per heavy atom. The minimum Gasteiger partial charge on any atom is -0.434 e. The van der Waals surface area contributed by atoms with E-state index < -0.39 is 23.8 Å². The van der Waals surface area contributed by atoms with Gasteiger partial charge < -0.3 is 14.9 Å². The highest BCUT2D eigenvalue weighted by molar-refractivity contribution is 6.31. The van der Waals surface area contributed by atoms with Crippen molar-refractivity contribution in [2.24, 2.45) is 11.1 Å². The van der Waals surface area contributed by atoms with E-state index in [2.05, 4.69) is 4.98 Å². The number of hydrogen-bond donors (Lipinski definition) is 1. The zero-order valence-electron chi connectivity index (χ0n) is 14.1. The Labute approximate surface area is 157 Å². The van der Waals surface area contributed by atoms with Gasteiger partial charge in [0.05, 0.1) is 0 Å². The number of fused-ring (bicyclic) bond motifs is 1. The van der Waals surface area contributed by atoms with Crippen LogP contribution in [0.4, 0.5) is 19.2 Å². The fourth-order valence-corrected chi connectivity index (χ4v) is 4.04. The molecule has 0 radical (unpaired) electrons. The van der Waals surface area contributed by atoms with Gasteiger partial charge >= 0.3 is 18.2 Å². The largest absolute Gasteiger partial charge is 0.491 e. The summed E-state index contributed by atoms with van der Waals surface area (Å²) >= 11 is 5.93. The van der Waals surface area contributed by atoms with E-state index in [1.807, 2.05) is 0 Å². The van der Waals surface area contributed by atoms with Gasteiger partial charge in [-0.25, -0.2) is 4.79 Å². The van der Waals surface area contributed by atoms with Crippen LogP contribution in [0.2, 0.25) is 5.02 Å². The smallest absolute Gasteiger partial charge is 0.434 e. The van der Waals surface area contributed by atoms with Crippen LogP contribution in [0, 0.1) is 5.41 Å². The van der Waals surface area contributed by atoms with Gasteiger partial charge in [-0.1, -0.05) is 11.6 Å². The molecule has 1 aromatic carbocycles. The van der Waals surface area contributed by atoms with Crippen molar-refractivity contribution in [2.45, 2.75) is 44.1 Å². The summed E-state index contributed by atoms with van der Waals surface area (Å²) in [6, 6.07) is 4.96. The average Bonchev–Trinajstić information content (AvgIpc) is 3.00. The third-order valence-electron chi connectivity index (χ3n) is 5.35. The summed E-state index contributed by atoms with van der Waals surface area (Å²) in [6.07, 6.45) is -3.68. The van der Waals surface area contributed by atoms with Gasteiger partial charge in [0.15, 0.2) is 11.8 Å². The van der Waals surface area contributed by atoms with Crippen LogP contribution in [0.1, 0.15) is 25.7 Å². The van der Waals surface area contributed by atoms with E-state index in [9.17, 15) is 18.0 Å². The van der Waals surface area contributed by atoms with Crippen LogP contribution < -0.4 is 10.6 Å². The number of ether oxygens (including phenoxy) is 1. The highest BCUT2D eigenvalue weighted by Gasteiger charge is 2.59. The van der Waals surface area contributed by atoms with E-state index in [4.69, 9.17) is 26.5 Å². The molecular weight excluding hydrogens is 387 g/mol. The quantitative estimate of drug-likeness (QED) is 0.771. The van der Waals surface area contributed by atoms with E-state index in [0.29, 0.717) is 48.4 Å².